The van der Waals surface area contributed by atoms with Gasteiger partial charge >= 0.3 is 0 Å². The van der Waals surface area contributed by atoms with E-state index in [1.165, 1.54) is 6.20 Å². The van der Waals surface area contributed by atoms with Crippen molar-refractivity contribution in [3.8, 4) is 0 Å². The van der Waals surface area contributed by atoms with Crippen LogP contribution in [0.4, 0.5) is 10.8 Å². The standard InChI is InChI=1S/C21H23ClN8OS/c1-12-4-3-5-15(22)19(12)30-13(2)28-17(25-7-6-14-9-24-11-27-14)8-18(30)29-21-26-10-16(32-21)20(23)31/h3-5,8-11,13,25,28H,6-7H2,1-2H3,(H2,23,31)(H,24,27). The molecule has 1 aromatic carbocycles. The number of aryl methyl sites for hydroxylation is 1. The molecule has 32 heavy (non-hydrogen) atoms. The third-order valence-electron chi connectivity index (χ3n) is 4.91. The monoisotopic (exact) mass is 470 g/mol. The first kappa shape index (κ1) is 21.8. The van der Waals surface area contributed by atoms with Crippen LogP contribution in [0.1, 0.15) is 27.9 Å². The average molecular weight is 471 g/mol. The summed E-state index contributed by atoms with van der Waals surface area (Å²) in [4.78, 5) is 30.0. The largest absolute Gasteiger partial charge is 0.371 e. The van der Waals surface area contributed by atoms with Crippen LogP contribution < -0.4 is 21.3 Å². The number of nitrogens with one attached hydrogen (secondary N) is 3. The summed E-state index contributed by atoms with van der Waals surface area (Å²) in [7, 11) is 0. The van der Waals surface area contributed by atoms with Gasteiger partial charge in [-0.2, -0.15) is 0 Å². The number of benzene rings is 1. The quantitative estimate of drug-likeness (QED) is 0.420. The Bertz CT molecular complexity index is 1150. The second-order valence-electron chi connectivity index (χ2n) is 7.25. The number of hydrogen-bond donors (Lipinski definition) is 4. The molecule has 0 bridgehead atoms. The van der Waals surface area contributed by atoms with Gasteiger partial charge in [-0.3, -0.25) is 4.79 Å². The summed E-state index contributed by atoms with van der Waals surface area (Å²) in [6.07, 6.45) is 7.46. The van der Waals surface area contributed by atoms with Crippen LogP contribution in [0, 0.1) is 6.92 Å². The zero-order valence-electron chi connectivity index (χ0n) is 17.6. The molecule has 9 nitrogen and oxygen atoms in total. The Hall–Kier alpha value is -3.37. The van der Waals surface area contributed by atoms with E-state index in [0.717, 1.165) is 40.5 Å². The number of anilines is 1. The van der Waals surface area contributed by atoms with Crippen molar-refractivity contribution >= 4 is 45.5 Å². The molecule has 166 valence electrons. The number of carbonyl (C=O) groups excluding carboxylic acids is 1. The van der Waals surface area contributed by atoms with E-state index in [9.17, 15) is 4.79 Å². The summed E-state index contributed by atoms with van der Waals surface area (Å²) in [6, 6.07) is 5.77. The number of primary amides is 1. The van der Waals surface area contributed by atoms with E-state index in [1.54, 1.807) is 12.5 Å². The number of imidazole rings is 1. The Kier molecular flexibility index (Phi) is 6.42. The van der Waals surface area contributed by atoms with Gasteiger partial charge in [0.15, 0.2) is 0 Å². The van der Waals surface area contributed by atoms with Crippen LogP contribution in [0.3, 0.4) is 0 Å². The van der Waals surface area contributed by atoms with Gasteiger partial charge in [0.2, 0.25) is 5.13 Å². The minimum Gasteiger partial charge on any atom is -0.371 e. The van der Waals surface area contributed by atoms with Crippen molar-refractivity contribution in [2.45, 2.75) is 26.4 Å². The number of aromatic amines is 1. The maximum atomic E-state index is 11.5. The second-order valence-corrected chi connectivity index (χ2v) is 8.66. The number of amidine groups is 1. The Labute approximate surface area is 194 Å². The lowest BCUT2D eigenvalue weighted by Gasteiger charge is -2.38. The summed E-state index contributed by atoms with van der Waals surface area (Å²) in [5, 5.41) is 7.91. The number of nitrogens with two attached hydrogens (primary N) is 1. The van der Waals surface area contributed by atoms with Gasteiger partial charge in [0.25, 0.3) is 5.91 Å². The molecule has 11 heteroatoms. The van der Waals surface area contributed by atoms with Crippen molar-refractivity contribution in [2.75, 3.05) is 11.4 Å². The van der Waals surface area contributed by atoms with Crippen molar-refractivity contribution in [1.29, 1.82) is 0 Å². The molecule has 1 aliphatic rings. The first-order chi connectivity index (χ1) is 15.4. The minimum absolute atomic E-state index is 0.150. The van der Waals surface area contributed by atoms with Crippen LogP contribution in [0.25, 0.3) is 0 Å². The Morgan fingerprint density at radius 3 is 2.94 bits per heavy atom. The highest BCUT2D eigenvalue weighted by molar-refractivity contribution is 7.17. The molecule has 0 spiro atoms. The lowest BCUT2D eigenvalue weighted by molar-refractivity contribution is 0.100. The highest BCUT2D eigenvalue weighted by Gasteiger charge is 2.28. The molecular formula is C21H23ClN8OS. The smallest absolute Gasteiger partial charge is 0.260 e. The van der Waals surface area contributed by atoms with Crippen molar-refractivity contribution in [3.63, 3.8) is 0 Å². The van der Waals surface area contributed by atoms with Gasteiger partial charge < -0.3 is 26.3 Å². The summed E-state index contributed by atoms with van der Waals surface area (Å²) in [6.45, 7) is 4.73. The SMILES string of the molecule is Cc1cccc(Cl)c1N1C(=Nc2ncc(C(N)=O)s2)C=C(NCCc2cnc[nH]2)NC1C. The van der Waals surface area contributed by atoms with E-state index >= 15 is 0 Å². The summed E-state index contributed by atoms with van der Waals surface area (Å²) in [5.41, 5.74) is 8.29. The average Bonchev–Trinajstić information content (AvgIpc) is 3.42. The predicted molar refractivity (Wildman–Crippen MR) is 127 cm³/mol. The lowest BCUT2D eigenvalue weighted by atomic mass is 10.1. The van der Waals surface area contributed by atoms with Gasteiger partial charge in [0.1, 0.15) is 22.7 Å². The molecule has 3 heterocycles. The van der Waals surface area contributed by atoms with Gasteiger partial charge in [-0.15, -0.1) is 0 Å². The van der Waals surface area contributed by atoms with E-state index in [0.29, 0.717) is 27.4 Å². The third kappa shape index (κ3) is 4.76. The maximum Gasteiger partial charge on any atom is 0.260 e. The molecule has 5 N–H and O–H groups in total. The topological polar surface area (TPSA) is 124 Å². The maximum absolute atomic E-state index is 11.5. The summed E-state index contributed by atoms with van der Waals surface area (Å²) in [5.74, 6) is 0.938. The summed E-state index contributed by atoms with van der Waals surface area (Å²) >= 11 is 7.72. The molecular weight excluding hydrogens is 448 g/mol. The normalized spacial score (nSPS) is 17.2. The number of carbonyl (C=O) groups is 1. The number of thiazole rings is 1. The highest BCUT2D eigenvalue weighted by Crippen LogP contribution is 2.33. The first-order valence-electron chi connectivity index (χ1n) is 10.0. The van der Waals surface area contributed by atoms with E-state index in [2.05, 4.69) is 25.6 Å². The number of hydrogen-bond acceptors (Lipinski definition) is 7. The Balaban J connectivity index is 1.68. The van der Waals surface area contributed by atoms with Gasteiger partial charge in [-0.05, 0) is 25.5 Å². The summed E-state index contributed by atoms with van der Waals surface area (Å²) < 4.78 is 0. The van der Waals surface area contributed by atoms with Crippen LogP contribution in [0.2, 0.25) is 5.02 Å². The van der Waals surface area contributed by atoms with Gasteiger partial charge in [0, 0.05) is 30.9 Å². The molecule has 1 unspecified atom stereocenters. The number of rotatable bonds is 7. The fourth-order valence-electron chi connectivity index (χ4n) is 3.43. The fraction of sp³-hybridized carbons (Fsp3) is 0.238. The van der Waals surface area contributed by atoms with Crippen LogP contribution in [-0.2, 0) is 6.42 Å². The molecule has 0 saturated heterocycles. The molecule has 1 aliphatic heterocycles. The minimum atomic E-state index is -0.525. The third-order valence-corrected chi connectivity index (χ3v) is 6.12. The Morgan fingerprint density at radius 2 is 2.25 bits per heavy atom. The number of aliphatic imine (C=N–C) groups is 1. The van der Waals surface area contributed by atoms with E-state index in [4.69, 9.17) is 22.3 Å². The number of amides is 1. The molecule has 0 radical (unpaired) electrons. The molecule has 3 aromatic rings. The molecule has 0 fully saturated rings. The van der Waals surface area contributed by atoms with Gasteiger partial charge in [0.05, 0.1) is 23.2 Å². The zero-order valence-corrected chi connectivity index (χ0v) is 19.2. The molecule has 0 aliphatic carbocycles. The van der Waals surface area contributed by atoms with E-state index < -0.39 is 5.91 Å². The number of H-pyrrole nitrogens is 1. The van der Waals surface area contributed by atoms with Crippen LogP contribution in [-0.4, -0.2) is 39.4 Å². The van der Waals surface area contributed by atoms with Crippen LogP contribution in [0.5, 0.6) is 0 Å². The fourth-order valence-corrected chi connectivity index (χ4v) is 4.39. The predicted octanol–water partition coefficient (Wildman–Crippen LogP) is 3.09. The molecule has 1 amide bonds. The van der Waals surface area contributed by atoms with E-state index in [1.807, 2.05) is 43.0 Å². The lowest BCUT2D eigenvalue weighted by Crippen LogP contribution is -2.53. The second kappa shape index (κ2) is 9.41. The van der Waals surface area contributed by atoms with E-state index in [-0.39, 0.29) is 6.17 Å². The van der Waals surface area contributed by atoms with Crippen LogP contribution >= 0.6 is 22.9 Å². The van der Waals surface area contributed by atoms with Crippen LogP contribution in [0.15, 0.2) is 53.8 Å². The van der Waals surface area contributed by atoms with Crippen molar-refractivity contribution in [3.05, 3.63) is 70.0 Å². The molecule has 4 rings (SSSR count). The molecule has 0 saturated carbocycles. The number of nitrogens with zero attached hydrogens (tertiary/aromatic N) is 4. The van der Waals surface area contributed by atoms with Gasteiger partial charge in [-0.25, -0.2) is 15.0 Å². The number of halogens is 1. The van der Waals surface area contributed by atoms with Crippen molar-refractivity contribution in [2.24, 2.45) is 10.7 Å². The molecule has 1 atom stereocenters. The van der Waals surface area contributed by atoms with Crippen molar-refractivity contribution < 1.29 is 4.79 Å². The first-order valence-corrected chi connectivity index (χ1v) is 11.2. The van der Waals surface area contributed by atoms with Crippen molar-refractivity contribution in [1.82, 2.24) is 25.6 Å². The number of aromatic nitrogens is 3. The molecule has 2 aromatic heterocycles. The Morgan fingerprint density at radius 1 is 1.41 bits per heavy atom. The highest BCUT2D eigenvalue weighted by atomic mass is 35.5. The number of para-hydroxylation sites is 1. The zero-order chi connectivity index (χ0) is 22.7. The van der Waals surface area contributed by atoms with Gasteiger partial charge in [-0.1, -0.05) is 35.1 Å².